The fourth-order valence-electron chi connectivity index (χ4n) is 4.55. The molecule has 0 spiro atoms. The topological polar surface area (TPSA) is 6.48 Å². The van der Waals surface area contributed by atoms with Gasteiger partial charge in [0.25, 0.3) is 0 Å². The molecule has 0 radical (unpaired) electrons. The first-order valence-electron chi connectivity index (χ1n) is 10.2. The average molecular weight is 368 g/mol. The molecule has 3 rings (SSSR count). The van der Waals surface area contributed by atoms with Crippen molar-refractivity contribution in [2.24, 2.45) is 11.8 Å². The van der Waals surface area contributed by atoms with E-state index in [0.29, 0.717) is 13.1 Å². The number of rotatable bonds is 6. The van der Waals surface area contributed by atoms with Gasteiger partial charge in [0, 0.05) is 26.2 Å². The first-order valence-corrected chi connectivity index (χ1v) is 10.2. The van der Waals surface area contributed by atoms with Gasteiger partial charge in [0.1, 0.15) is 0 Å². The Morgan fingerprint density at radius 3 is 2.08 bits per heavy atom. The van der Waals surface area contributed by atoms with Gasteiger partial charge in [-0.05, 0) is 36.9 Å². The Labute approximate surface area is 155 Å². The third-order valence-electron chi connectivity index (χ3n) is 6.24. The van der Waals surface area contributed by atoms with Crippen LogP contribution in [-0.4, -0.2) is 37.6 Å². The van der Waals surface area contributed by atoms with Gasteiger partial charge in [0.05, 0.1) is 5.69 Å². The van der Waals surface area contributed by atoms with E-state index in [2.05, 4.69) is 11.8 Å². The van der Waals surface area contributed by atoms with Gasteiger partial charge in [0.15, 0.2) is 17.5 Å². The number of halogens is 3. The number of anilines is 1. The number of hydrogen-bond acceptors (Lipinski definition) is 2. The Balaban J connectivity index is 1.41. The van der Waals surface area contributed by atoms with Crippen LogP contribution in [0.4, 0.5) is 18.9 Å². The van der Waals surface area contributed by atoms with Gasteiger partial charge in [-0.3, -0.25) is 4.90 Å². The highest BCUT2D eigenvalue weighted by Gasteiger charge is 2.24. The SMILES string of the molecule is CCCC1CCC(CCN2CCN(c3ccc(F)c(F)c3F)CC2)CC1. The largest absolute Gasteiger partial charge is 0.367 e. The summed E-state index contributed by atoms with van der Waals surface area (Å²) in [6, 6.07) is 2.35. The molecule has 2 aliphatic rings. The summed E-state index contributed by atoms with van der Waals surface area (Å²) in [5.41, 5.74) is 0.179. The Kier molecular flexibility index (Phi) is 6.85. The van der Waals surface area contributed by atoms with Crippen LogP contribution in [0.3, 0.4) is 0 Å². The van der Waals surface area contributed by atoms with Crippen molar-refractivity contribution in [1.29, 1.82) is 0 Å². The third kappa shape index (κ3) is 4.73. The van der Waals surface area contributed by atoms with Crippen molar-refractivity contribution in [2.75, 3.05) is 37.6 Å². The number of hydrogen-bond donors (Lipinski definition) is 0. The summed E-state index contributed by atoms with van der Waals surface area (Å²) in [5, 5.41) is 0. The molecule has 0 bridgehead atoms. The fraction of sp³-hybridized carbons (Fsp3) is 0.714. The molecule has 0 N–H and O–H groups in total. The van der Waals surface area contributed by atoms with Crippen LogP contribution >= 0.6 is 0 Å². The summed E-state index contributed by atoms with van der Waals surface area (Å²) in [6.07, 6.45) is 9.45. The minimum atomic E-state index is -1.37. The van der Waals surface area contributed by atoms with Crippen LogP contribution in [0.1, 0.15) is 51.9 Å². The molecule has 146 valence electrons. The van der Waals surface area contributed by atoms with Gasteiger partial charge in [-0.25, -0.2) is 13.2 Å². The Morgan fingerprint density at radius 1 is 0.846 bits per heavy atom. The lowest BCUT2D eigenvalue weighted by Gasteiger charge is -2.37. The molecule has 1 aliphatic carbocycles. The van der Waals surface area contributed by atoms with E-state index >= 15 is 0 Å². The van der Waals surface area contributed by atoms with Crippen molar-refractivity contribution < 1.29 is 13.2 Å². The molecule has 26 heavy (non-hydrogen) atoms. The van der Waals surface area contributed by atoms with Gasteiger partial charge in [-0.2, -0.15) is 0 Å². The van der Waals surface area contributed by atoms with E-state index in [1.165, 1.54) is 51.0 Å². The van der Waals surface area contributed by atoms with E-state index in [1.807, 2.05) is 4.90 Å². The highest BCUT2D eigenvalue weighted by Crippen LogP contribution is 2.33. The first-order chi connectivity index (χ1) is 12.6. The summed E-state index contributed by atoms with van der Waals surface area (Å²) >= 11 is 0. The maximum Gasteiger partial charge on any atom is 0.196 e. The molecule has 0 atom stereocenters. The van der Waals surface area contributed by atoms with E-state index < -0.39 is 17.5 Å². The molecule has 1 aromatic carbocycles. The van der Waals surface area contributed by atoms with Crippen LogP contribution in [0.2, 0.25) is 0 Å². The molecule has 5 heteroatoms. The Hall–Kier alpha value is -1.23. The standard InChI is InChI=1S/C21H31F3N2/c1-2-3-16-4-6-17(7-5-16)10-11-25-12-14-26(15-13-25)19-9-8-18(22)20(23)21(19)24/h8-9,16-17H,2-7,10-15H2,1H3. The highest BCUT2D eigenvalue weighted by atomic mass is 19.2. The van der Waals surface area contributed by atoms with E-state index in [1.54, 1.807) is 0 Å². The second-order valence-electron chi connectivity index (χ2n) is 7.99. The number of piperazine rings is 1. The molecule has 2 nitrogen and oxygen atoms in total. The minimum Gasteiger partial charge on any atom is -0.367 e. The Morgan fingerprint density at radius 2 is 1.46 bits per heavy atom. The molecule has 1 saturated heterocycles. The van der Waals surface area contributed by atoms with Gasteiger partial charge < -0.3 is 4.90 Å². The molecule has 0 aromatic heterocycles. The molecule has 0 unspecified atom stereocenters. The summed E-state index contributed by atoms with van der Waals surface area (Å²) in [4.78, 5) is 4.25. The Bertz CT molecular complexity index is 577. The maximum absolute atomic E-state index is 14.0. The van der Waals surface area contributed by atoms with E-state index in [4.69, 9.17) is 0 Å². The summed E-state index contributed by atoms with van der Waals surface area (Å²) in [6.45, 7) is 6.39. The highest BCUT2D eigenvalue weighted by molar-refractivity contribution is 5.48. The van der Waals surface area contributed by atoms with Gasteiger partial charge in [-0.1, -0.05) is 45.4 Å². The summed E-state index contributed by atoms with van der Waals surface area (Å²) < 4.78 is 40.5. The molecule has 0 amide bonds. The van der Waals surface area contributed by atoms with Crippen LogP contribution in [0.5, 0.6) is 0 Å². The molecule has 1 aliphatic heterocycles. The van der Waals surface area contributed by atoms with E-state index in [0.717, 1.165) is 37.5 Å². The van der Waals surface area contributed by atoms with E-state index in [-0.39, 0.29) is 5.69 Å². The molecular weight excluding hydrogens is 337 g/mol. The fourth-order valence-corrected chi connectivity index (χ4v) is 4.55. The normalized spacial score (nSPS) is 24.8. The van der Waals surface area contributed by atoms with Crippen molar-refractivity contribution in [3.8, 4) is 0 Å². The predicted octanol–water partition coefficient (Wildman–Crippen LogP) is 5.22. The van der Waals surface area contributed by atoms with Crippen molar-refractivity contribution in [3.05, 3.63) is 29.6 Å². The molecule has 1 heterocycles. The lowest BCUT2D eigenvalue weighted by Crippen LogP contribution is -2.47. The van der Waals surface area contributed by atoms with E-state index in [9.17, 15) is 13.2 Å². The zero-order valence-corrected chi connectivity index (χ0v) is 15.8. The molecule has 1 saturated carbocycles. The van der Waals surface area contributed by atoms with Gasteiger partial charge >= 0.3 is 0 Å². The smallest absolute Gasteiger partial charge is 0.196 e. The first kappa shape index (κ1) is 19.5. The lowest BCUT2D eigenvalue weighted by molar-refractivity contribution is 0.200. The second kappa shape index (κ2) is 9.12. The van der Waals surface area contributed by atoms with Crippen LogP contribution in [0.15, 0.2) is 12.1 Å². The summed E-state index contributed by atoms with van der Waals surface area (Å²) in [5.74, 6) is -1.76. The zero-order chi connectivity index (χ0) is 18.5. The summed E-state index contributed by atoms with van der Waals surface area (Å²) in [7, 11) is 0. The minimum absolute atomic E-state index is 0.179. The van der Waals surface area contributed by atoms with Crippen molar-refractivity contribution in [1.82, 2.24) is 4.90 Å². The van der Waals surface area contributed by atoms with Crippen molar-refractivity contribution >= 4 is 5.69 Å². The van der Waals surface area contributed by atoms with Crippen molar-refractivity contribution in [3.63, 3.8) is 0 Å². The quantitative estimate of drug-likeness (QED) is 0.635. The van der Waals surface area contributed by atoms with Gasteiger partial charge in [0.2, 0.25) is 0 Å². The van der Waals surface area contributed by atoms with Crippen LogP contribution < -0.4 is 4.90 Å². The molecular formula is C21H31F3N2. The average Bonchev–Trinajstić information content (AvgIpc) is 2.67. The predicted molar refractivity (Wildman–Crippen MR) is 99.9 cm³/mol. The zero-order valence-electron chi connectivity index (χ0n) is 15.8. The molecule has 2 fully saturated rings. The van der Waals surface area contributed by atoms with Crippen LogP contribution in [0.25, 0.3) is 0 Å². The monoisotopic (exact) mass is 368 g/mol. The maximum atomic E-state index is 14.0. The number of nitrogens with zero attached hydrogens (tertiary/aromatic N) is 2. The van der Waals surface area contributed by atoms with Crippen LogP contribution in [0, 0.1) is 29.3 Å². The lowest BCUT2D eigenvalue weighted by atomic mass is 9.79. The second-order valence-corrected chi connectivity index (χ2v) is 7.99. The van der Waals surface area contributed by atoms with Gasteiger partial charge in [-0.15, -0.1) is 0 Å². The van der Waals surface area contributed by atoms with Crippen molar-refractivity contribution in [2.45, 2.75) is 51.9 Å². The van der Waals surface area contributed by atoms with Crippen LogP contribution in [-0.2, 0) is 0 Å². The third-order valence-corrected chi connectivity index (χ3v) is 6.24. The molecule has 1 aromatic rings. The number of benzene rings is 1.